The van der Waals surface area contributed by atoms with Gasteiger partial charge in [-0.2, -0.15) is 0 Å². The molecule has 3 heterocycles. The number of hydrogen-bond acceptors (Lipinski definition) is 20. The van der Waals surface area contributed by atoms with Crippen LogP contribution in [-0.4, -0.2) is 182 Å². The molecule has 0 aromatic rings. The van der Waals surface area contributed by atoms with Crippen molar-refractivity contribution in [2.75, 3.05) is 44.3 Å². The predicted octanol–water partition coefficient (Wildman–Crippen LogP) is -7.03. The SMILES string of the molecule is NCCS(=O)(=O)C[C@@H]1C[C@H](N)[C@@H](O[C@H]2O[C@H](CNCC3CC(N)C3)C=C[C@H]2N)[C@H](O[C@@H]2O[C@H](CO)[C@@H](O[C@H]3O[C@@H](CN)[C@@H](O)[C@H](O)[C@H]3N)[C@H]2O)[C@H]1O. The highest BCUT2D eigenvalue weighted by Crippen LogP contribution is 2.36. The molecule has 0 radical (unpaired) electrons. The van der Waals surface area contributed by atoms with Gasteiger partial charge in [-0.25, -0.2) is 8.42 Å². The molecular formula is C31H59N7O13S. The first-order chi connectivity index (χ1) is 24.7. The van der Waals surface area contributed by atoms with E-state index in [4.69, 9.17) is 62.8 Å². The molecule has 0 aromatic heterocycles. The lowest BCUT2D eigenvalue weighted by Gasteiger charge is -2.46. The van der Waals surface area contributed by atoms with Crippen molar-refractivity contribution >= 4 is 9.84 Å². The van der Waals surface area contributed by atoms with Gasteiger partial charge in [0.25, 0.3) is 0 Å². The first-order valence-corrected chi connectivity index (χ1v) is 19.8. The molecule has 5 aliphatic rings. The summed E-state index contributed by atoms with van der Waals surface area (Å²) in [6.07, 6.45) is -11.0. The van der Waals surface area contributed by atoms with Crippen LogP contribution in [0, 0.1) is 11.8 Å². The first kappa shape index (κ1) is 42.1. The molecule has 5 rings (SSSR count). The molecule has 0 aromatic carbocycles. The summed E-state index contributed by atoms with van der Waals surface area (Å²) in [5, 5.41) is 57.3. The Morgan fingerprint density at radius 2 is 1.42 bits per heavy atom. The van der Waals surface area contributed by atoms with Crippen molar-refractivity contribution in [3.63, 3.8) is 0 Å². The van der Waals surface area contributed by atoms with Crippen molar-refractivity contribution in [2.24, 2.45) is 46.2 Å². The van der Waals surface area contributed by atoms with Crippen LogP contribution in [0.3, 0.4) is 0 Å². The summed E-state index contributed by atoms with van der Waals surface area (Å²) in [4.78, 5) is 0. The van der Waals surface area contributed by atoms with E-state index in [0.29, 0.717) is 12.5 Å². The number of aliphatic hydroxyl groups is 5. The second-order valence-corrected chi connectivity index (χ2v) is 16.9. The summed E-state index contributed by atoms with van der Waals surface area (Å²) in [5.74, 6) is -1.17. The fourth-order valence-corrected chi connectivity index (χ4v) is 9.07. The van der Waals surface area contributed by atoms with E-state index >= 15 is 0 Å². The van der Waals surface area contributed by atoms with E-state index in [1.165, 1.54) is 0 Å². The minimum Gasteiger partial charge on any atom is -0.394 e. The predicted molar refractivity (Wildman–Crippen MR) is 183 cm³/mol. The zero-order valence-electron chi connectivity index (χ0n) is 29.1. The third-order valence-corrected chi connectivity index (χ3v) is 12.4. The Morgan fingerprint density at radius 1 is 0.750 bits per heavy atom. The van der Waals surface area contributed by atoms with Crippen LogP contribution in [-0.2, 0) is 38.3 Å². The minimum absolute atomic E-state index is 0.0221. The highest BCUT2D eigenvalue weighted by Gasteiger charge is 2.54. The second-order valence-electron chi connectivity index (χ2n) is 14.7. The van der Waals surface area contributed by atoms with Crippen molar-refractivity contribution < 1.29 is 62.4 Å². The quantitative estimate of drug-likeness (QED) is 0.0649. The monoisotopic (exact) mass is 769 g/mol. The Labute approximate surface area is 303 Å². The van der Waals surface area contributed by atoms with Gasteiger partial charge in [-0.05, 0) is 31.7 Å². The van der Waals surface area contributed by atoms with Gasteiger partial charge in [0.2, 0.25) is 0 Å². The van der Waals surface area contributed by atoms with Crippen molar-refractivity contribution in [3.05, 3.63) is 12.2 Å². The maximum Gasteiger partial charge on any atom is 0.187 e. The largest absolute Gasteiger partial charge is 0.394 e. The molecule has 0 amide bonds. The topological polar surface area (TPSA) is 359 Å². The molecule has 3 aliphatic heterocycles. The summed E-state index contributed by atoms with van der Waals surface area (Å²) in [7, 11) is -3.70. The summed E-state index contributed by atoms with van der Waals surface area (Å²) < 4.78 is 61.7. The van der Waals surface area contributed by atoms with Gasteiger partial charge in [0.15, 0.2) is 28.7 Å². The Bertz CT molecular complexity index is 1270. The molecule has 2 aliphatic carbocycles. The van der Waals surface area contributed by atoms with Crippen LogP contribution in [0.2, 0.25) is 0 Å². The third-order valence-electron chi connectivity index (χ3n) is 10.6. The summed E-state index contributed by atoms with van der Waals surface area (Å²) in [6, 6.07) is -2.66. The van der Waals surface area contributed by atoms with E-state index in [1.807, 2.05) is 6.08 Å². The highest BCUT2D eigenvalue weighted by atomic mass is 32.2. The molecule has 18 N–H and O–H groups in total. The molecule has 20 nitrogen and oxygen atoms in total. The number of aliphatic hydroxyl groups excluding tert-OH is 5. The van der Waals surface area contributed by atoms with Crippen molar-refractivity contribution in [3.8, 4) is 0 Å². The van der Waals surface area contributed by atoms with Gasteiger partial charge in [-0.3, -0.25) is 0 Å². The molecule has 52 heavy (non-hydrogen) atoms. The van der Waals surface area contributed by atoms with Crippen molar-refractivity contribution in [2.45, 2.75) is 123 Å². The van der Waals surface area contributed by atoms with Crippen LogP contribution in [0.25, 0.3) is 0 Å². The number of hydrogen-bond donors (Lipinski definition) is 12. The molecule has 0 unspecified atom stereocenters. The molecule has 4 fully saturated rings. The van der Waals surface area contributed by atoms with Gasteiger partial charge in [-0.1, -0.05) is 12.2 Å². The Balaban J connectivity index is 1.31. The zero-order valence-corrected chi connectivity index (χ0v) is 29.9. The van der Waals surface area contributed by atoms with E-state index in [-0.39, 0.29) is 31.3 Å². The van der Waals surface area contributed by atoms with Crippen LogP contribution in [0.1, 0.15) is 19.3 Å². The van der Waals surface area contributed by atoms with Crippen molar-refractivity contribution in [1.29, 1.82) is 0 Å². The van der Waals surface area contributed by atoms with E-state index in [0.717, 1.165) is 19.4 Å². The Kier molecular flexibility index (Phi) is 14.8. The molecule has 21 heteroatoms. The van der Waals surface area contributed by atoms with Gasteiger partial charge in [-0.15, -0.1) is 0 Å². The number of nitrogens with one attached hydrogen (secondary N) is 1. The smallest absolute Gasteiger partial charge is 0.187 e. The van der Waals surface area contributed by atoms with Crippen LogP contribution in [0.15, 0.2) is 12.2 Å². The second kappa shape index (κ2) is 18.3. The van der Waals surface area contributed by atoms with Gasteiger partial charge in [0, 0.05) is 37.6 Å². The standard InChI is InChI=1S/C31H59N7O13S/c32-3-4-52(44,45)12-14-7-18(36)26(49-29-17(35)2-1-16(46-29)10-38-9-13-5-15(34)6-13)28(22(14)40)51-31-25(43)27(20(11-39)48-31)50-30-21(37)24(42)23(41)19(8-33)47-30/h1-2,13-31,38-43H,3-12,32-37H2/t13?,14-,15?,16-,17+,18-,19-,20+,21+,22-,23+,24+,25+,26+,27+,28+,29+,30+,31-/m0/s1. The zero-order chi connectivity index (χ0) is 37.9. The lowest BCUT2D eigenvalue weighted by atomic mass is 9.80. The summed E-state index contributed by atoms with van der Waals surface area (Å²) in [5.41, 5.74) is 36.1. The third kappa shape index (κ3) is 9.85. The van der Waals surface area contributed by atoms with E-state index < -0.39 is 126 Å². The lowest BCUT2D eigenvalue weighted by Crippen LogP contribution is -2.64. The number of sulfone groups is 1. The van der Waals surface area contributed by atoms with E-state index in [9.17, 15) is 34.0 Å². The molecular weight excluding hydrogens is 710 g/mol. The maximum atomic E-state index is 12.8. The van der Waals surface area contributed by atoms with Crippen LogP contribution in [0.5, 0.6) is 0 Å². The van der Waals surface area contributed by atoms with Gasteiger partial charge < -0.3 is 93.7 Å². The van der Waals surface area contributed by atoms with Crippen LogP contribution in [0.4, 0.5) is 0 Å². The lowest BCUT2D eigenvalue weighted by molar-refractivity contribution is -0.285. The average molecular weight is 770 g/mol. The molecule has 2 saturated heterocycles. The number of ether oxygens (including phenoxy) is 6. The summed E-state index contributed by atoms with van der Waals surface area (Å²) in [6.45, 7) is 0.296. The van der Waals surface area contributed by atoms with Gasteiger partial charge in [0.05, 0.1) is 42.4 Å². The van der Waals surface area contributed by atoms with E-state index in [2.05, 4.69) is 5.32 Å². The molecule has 0 spiro atoms. The van der Waals surface area contributed by atoms with Crippen LogP contribution >= 0.6 is 0 Å². The van der Waals surface area contributed by atoms with Gasteiger partial charge in [0.1, 0.15) is 48.8 Å². The first-order valence-electron chi connectivity index (χ1n) is 17.9. The minimum atomic E-state index is -3.70. The molecule has 0 bridgehead atoms. The summed E-state index contributed by atoms with van der Waals surface area (Å²) >= 11 is 0. The fourth-order valence-electron chi connectivity index (χ4n) is 7.56. The van der Waals surface area contributed by atoms with Crippen LogP contribution < -0.4 is 39.7 Å². The Hall–Kier alpha value is -1.03. The average Bonchev–Trinajstić information content (AvgIpc) is 3.38. The highest BCUT2D eigenvalue weighted by molar-refractivity contribution is 7.91. The number of nitrogens with two attached hydrogens (primary N) is 6. The normalized spacial score (nSPS) is 47.0. The number of rotatable bonds is 16. The van der Waals surface area contributed by atoms with Crippen molar-refractivity contribution in [1.82, 2.24) is 5.32 Å². The molecule has 17 atom stereocenters. The van der Waals surface area contributed by atoms with E-state index in [1.54, 1.807) is 6.08 Å². The Morgan fingerprint density at radius 3 is 2.08 bits per heavy atom. The molecule has 302 valence electrons. The molecule has 2 saturated carbocycles. The maximum absolute atomic E-state index is 12.8. The fraction of sp³-hybridized carbons (Fsp3) is 0.935. The van der Waals surface area contributed by atoms with Gasteiger partial charge >= 0.3 is 0 Å².